The molecule has 0 saturated carbocycles. The van der Waals surface area contributed by atoms with Crippen molar-refractivity contribution in [3.05, 3.63) is 108 Å². The lowest BCUT2D eigenvalue weighted by atomic mass is 9.98. The first kappa shape index (κ1) is 16.2. The summed E-state index contributed by atoms with van der Waals surface area (Å²) in [5.41, 5.74) is 3.94. The lowest BCUT2D eigenvalue weighted by molar-refractivity contribution is 0.0938. The van der Waals surface area contributed by atoms with E-state index in [-0.39, 0.29) is 11.9 Å². The molecule has 1 heterocycles. The first-order valence-corrected chi connectivity index (χ1v) is 8.77. The highest BCUT2D eigenvalue weighted by Crippen LogP contribution is 2.22. The van der Waals surface area contributed by atoms with Crippen LogP contribution in [0, 0.1) is 0 Å². The summed E-state index contributed by atoms with van der Waals surface area (Å²) in [5.74, 6) is -0.0627. The van der Waals surface area contributed by atoms with Crippen LogP contribution < -0.4 is 5.32 Å². The van der Waals surface area contributed by atoms with Gasteiger partial charge in [-0.3, -0.25) is 4.79 Å². The molecule has 1 amide bonds. The molecule has 4 aromatic rings. The Hall–Kier alpha value is -3.33. The topological polar surface area (TPSA) is 44.9 Å². The Morgan fingerprint density at radius 1 is 0.846 bits per heavy atom. The Kier molecular flexibility index (Phi) is 4.52. The van der Waals surface area contributed by atoms with E-state index in [2.05, 4.69) is 34.6 Å². The molecule has 26 heavy (non-hydrogen) atoms. The summed E-state index contributed by atoms with van der Waals surface area (Å²) in [7, 11) is 0. The van der Waals surface area contributed by atoms with Crippen LogP contribution in [0.15, 0.2) is 91.1 Å². The number of fused-ring (bicyclic) bond motifs is 1. The number of hydrogen-bond donors (Lipinski definition) is 2. The van der Waals surface area contributed by atoms with Crippen LogP contribution in [0.4, 0.5) is 0 Å². The summed E-state index contributed by atoms with van der Waals surface area (Å²) in [5, 5.41) is 4.16. The van der Waals surface area contributed by atoms with Gasteiger partial charge in [0.1, 0.15) is 0 Å². The number of amides is 1. The Morgan fingerprint density at radius 2 is 1.50 bits per heavy atom. The van der Waals surface area contributed by atoms with E-state index in [1.807, 2.05) is 60.7 Å². The lowest BCUT2D eigenvalue weighted by Crippen LogP contribution is -2.29. The first-order chi connectivity index (χ1) is 12.8. The maximum Gasteiger partial charge on any atom is 0.253 e. The van der Waals surface area contributed by atoms with Crippen molar-refractivity contribution < 1.29 is 4.79 Å². The first-order valence-electron chi connectivity index (χ1n) is 8.77. The molecule has 0 aliphatic carbocycles. The van der Waals surface area contributed by atoms with Gasteiger partial charge < -0.3 is 10.3 Å². The number of H-pyrrole nitrogens is 1. The molecule has 0 aliphatic rings. The minimum Gasteiger partial charge on any atom is -0.360 e. The van der Waals surface area contributed by atoms with Crippen LogP contribution in [0.25, 0.3) is 10.9 Å². The molecule has 2 N–H and O–H groups in total. The number of hydrogen-bond acceptors (Lipinski definition) is 1. The largest absolute Gasteiger partial charge is 0.360 e. The second-order valence-electron chi connectivity index (χ2n) is 6.37. The third kappa shape index (κ3) is 3.38. The van der Waals surface area contributed by atoms with Gasteiger partial charge in [0.05, 0.1) is 11.6 Å². The maximum absolute atomic E-state index is 13.0. The van der Waals surface area contributed by atoms with Gasteiger partial charge in [-0.1, -0.05) is 78.9 Å². The number of rotatable bonds is 5. The molecule has 128 valence electrons. The third-order valence-electron chi connectivity index (χ3n) is 4.62. The molecule has 1 aromatic heterocycles. The fourth-order valence-electron chi connectivity index (χ4n) is 3.28. The number of carbonyl (C=O) groups is 1. The second-order valence-corrected chi connectivity index (χ2v) is 6.37. The van der Waals surface area contributed by atoms with E-state index < -0.39 is 0 Å². The Morgan fingerprint density at radius 3 is 2.27 bits per heavy atom. The van der Waals surface area contributed by atoms with E-state index in [4.69, 9.17) is 0 Å². The van der Waals surface area contributed by atoms with Gasteiger partial charge >= 0.3 is 0 Å². The summed E-state index contributed by atoms with van der Waals surface area (Å²) < 4.78 is 0. The van der Waals surface area contributed by atoms with Crippen molar-refractivity contribution in [2.75, 3.05) is 0 Å². The summed E-state index contributed by atoms with van der Waals surface area (Å²) in [6.45, 7) is 0. The number of aromatic nitrogens is 1. The van der Waals surface area contributed by atoms with E-state index in [1.165, 1.54) is 5.56 Å². The van der Waals surface area contributed by atoms with Crippen LogP contribution >= 0.6 is 0 Å². The number of para-hydroxylation sites is 1. The fourth-order valence-corrected chi connectivity index (χ4v) is 3.28. The monoisotopic (exact) mass is 340 g/mol. The van der Waals surface area contributed by atoms with Crippen LogP contribution in [0.2, 0.25) is 0 Å². The molecule has 0 spiro atoms. The van der Waals surface area contributed by atoms with Gasteiger partial charge in [-0.05, 0) is 23.6 Å². The van der Waals surface area contributed by atoms with E-state index in [0.29, 0.717) is 5.56 Å². The molecule has 3 aromatic carbocycles. The minimum atomic E-state index is -0.0836. The molecule has 1 atom stereocenters. The normalized spacial score (nSPS) is 12.0. The van der Waals surface area contributed by atoms with Gasteiger partial charge in [0.15, 0.2) is 0 Å². The van der Waals surface area contributed by atoms with Gasteiger partial charge in [-0.2, -0.15) is 0 Å². The van der Waals surface area contributed by atoms with E-state index >= 15 is 0 Å². The van der Waals surface area contributed by atoms with Gasteiger partial charge in [0.25, 0.3) is 5.91 Å². The zero-order valence-corrected chi connectivity index (χ0v) is 14.4. The van der Waals surface area contributed by atoms with Crippen molar-refractivity contribution in [3.63, 3.8) is 0 Å². The average molecular weight is 340 g/mol. The lowest BCUT2D eigenvalue weighted by Gasteiger charge is -2.19. The van der Waals surface area contributed by atoms with Crippen molar-refractivity contribution in [3.8, 4) is 0 Å². The minimum absolute atomic E-state index is 0.0627. The Bertz CT molecular complexity index is 1010. The quantitative estimate of drug-likeness (QED) is 0.534. The molecule has 4 rings (SSSR count). The zero-order valence-electron chi connectivity index (χ0n) is 14.4. The molecule has 0 bridgehead atoms. The van der Waals surface area contributed by atoms with E-state index in [0.717, 1.165) is 22.9 Å². The fraction of sp³-hybridized carbons (Fsp3) is 0.0870. The van der Waals surface area contributed by atoms with E-state index in [1.54, 1.807) is 6.20 Å². The second kappa shape index (κ2) is 7.28. The van der Waals surface area contributed by atoms with Crippen molar-refractivity contribution in [1.29, 1.82) is 0 Å². The highest BCUT2D eigenvalue weighted by molar-refractivity contribution is 6.06. The zero-order chi connectivity index (χ0) is 17.8. The molecular formula is C23H20N2O. The molecule has 0 unspecified atom stereocenters. The van der Waals surface area contributed by atoms with Crippen molar-refractivity contribution in [2.24, 2.45) is 0 Å². The molecule has 3 nitrogen and oxygen atoms in total. The number of nitrogens with one attached hydrogen (secondary N) is 2. The predicted molar refractivity (Wildman–Crippen MR) is 105 cm³/mol. The third-order valence-corrected chi connectivity index (χ3v) is 4.62. The van der Waals surface area contributed by atoms with Crippen molar-refractivity contribution in [2.45, 2.75) is 12.5 Å². The molecule has 0 radical (unpaired) electrons. The van der Waals surface area contributed by atoms with Gasteiger partial charge in [-0.15, -0.1) is 0 Å². The number of carbonyl (C=O) groups excluding carboxylic acids is 1. The molecule has 0 saturated heterocycles. The van der Waals surface area contributed by atoms with Gasteiger partial charge in [0, 0.05) is 17.1 Å². The van der Waals surface area contributed by atoms with E-state index in [9.17, 15) is 4.79 Å². The smallest absolute Gasteiger partial charge is 0.253 e. The van der Waals surface area contributed by atoms with Crippen molar-refractivity contribution in [1.82, 2.24) is 10.3 Å². The molecular weight excluding hydrogens is 320 g/mol. The number of aromatic amines is 1. The Balaban J connectivity index is 1.63. The summed E-state index contributed by atoms with van der Waals surface area (Å²) in [4.78, 5) is 16.1. The van der Waals surface area contributed by atoms with Crippen LogP contribution in [-0.2, 0) is 6.42 Å². The number of benzene rings is 3. The van der Waals surface area contributed by atoms with Crippen LogP contribution in [0.1, 0.15) is 27.5 Å². The average Bonchev–Trinajstić information content (AvgIpc) is 3.13. The standard InChI is InChI=1S/C23H20N2O/c26-23(20-16-24-21-14-8-7-13-19(20)21)25-22(18-11-5-2-6-12-18)15-17-9-3-1-4-10-17/h1-14,16,22,24H,15H2,(H,25,26)/t22-/m0/s1. The van der Waals surface area contributed by atoms with Crippen LogP contribution in [-0.4, -0.2) is 10.9 Å². The van der Waals surface area contributed by atoms with Crippen LogP contribution in [0.5, 0.6) is 0 Å². The molecule has 3 heteroatoms. The Labute approximate surface area is 152 Å². The predicted octanol–water partition coefficient (Wildman–Crippen LogP) is 4.88. The van der Waals surface area contributed by atoms with Crippen LogP contribution in [0.3, 0.4) is 0 Å². The van der Waals surface area contributed by atoms with Gasteiger partial charge in [0.2, 0.25) is 0 Å². The molecule has 0 aliphatic heterocycles. The summed E-state index contributed by atoms with van der Waals surface area (Å²) in [6.07, 6.45) is 2.53. The summed E-state index contributed by atoms with van der Waals surface area (Å²) >= 11 is 0. The highest BCUT2D eigenvalue weighted by atomic mass is 16.1. The maximum atomic E-state index is 13.0. The molecule has 0 fully saturated rings. The highest BCUT2D eigenvalue weighted by Gasteiger charge is 2.18. The van der Waals surface area contributed by atoms with Crippen molar-refractivity contribution >= 4 is 16.8 Å². The summed E-state index contributed by atoms with van der Waals surface area (Å²) in [6, 6.07) is 28.1. The van der Waals surface area contributed by atoms with Gasteiger partial charge in [-0.25, -0.2) is 0 Å². The SMILES string of the molecule is O=C(N[C@@H](Cc1ccccc1)c1ccccc1)c1c[nH]c2ccccc12.